The van der Waals surface area contributed by atoms with Gasteiger partial charge in [-0.3, -0.25) is 4.79 Å². The Balaban J connectivity index is 1.90. The van der Waals surface area contributed by atoms with E-state index >= 15 is 0 Å². The summed E-state index contributed by atoms with van der Waals surface area (Å²) in [5.41, 5.74) is 3.34. The molecule has 0 heterocycles. The van der Waals surface area contributed by atoms with E-state index < -0.39 is 5.97 Å². The van der Waals surface area contributed by atoms with Gasteiger partial charge in [0.2, 0.25) is 0 Å². The molecule has 2 unspecified atom stereocenters. The molecule has 2 atom stereocenters. The van der Waals surface area contributed by atoms with E-state index in [4.69, 9.17) is 4.74 Å². The van der Waals surface area contributed by atoms with Gasteiger partial charge in [-0.25, -0.2) is 0 Å². The second-order valence-electron chi connectivity index (χ2n) is 7.16. The molecule has 0 radical (unpaired) electrons. The largest absolute Gasteiger partial charge is 0.488 e. The lowest BCUT2D eigenvalue weighted by Crippen LogP contribution is -2.09. The van der Waals surface area contributed by atoms with Crippen LogP contribution in [-0.4, -0.2) is 11.1 Å². The van der Waals surface area contributed by atoms with Crippen LogP contribution in [0.25, 0.3) is 0 Å². The quantitative estimate of drug-likeness (QED) is 0.705. The molecule has 25 heavy (non-hydrogen) atoms. The van der Waals surface area contributed by atoms with Crippen LogP contribution in [0.4, 0.5) is 0 Å². The molecular weight excluding hydrogens is 312 g/mol. The summed E-state index contributed by atoms with van der Waals surface area (Å²) in [6.07, 6.45) is 2.66. The molecule has 0 saturated heterocycles. The molecule has 3 rings (SSSR count). The third-order valence-corrected chi connectivity index (χ3v) is 5.13. The highest BCUT2D eigenvalue weighted by molar-refractivity contribution is 5.68. The molecule has 1 N–H and O–H groups in total. The highest BCUT2D eigenvalue weighted by Crippen LogP contribution is 2.46. The number of carboxylic acids is 1. The number of para-hydroxylation sites is 1. The lowest BCUT2D eigenvalue weighted by atomic mass is 9.89. The first-order chi connectivity index (χ1) is 12.1. The smallest absolute Gasteiger partial charge is 0.303 e. The molecule has 0 spiro atoms. The first kappa shape index (κ1) is 17.5. The Morgan fingerprint density at radius 2 is 1.76 bits per heavy atom. The van der Waals surface area contributed by atoms with Crippen LogP contribution in [0.5, 0.6) is 5.75 Å². The van der Waals surface area contributed by atoms with E-state index in [2.05, 4.69) is 13.0 Å². The lowest BCUT2D eigenvalue weighted by molar-refractivity contribution is -0.137. The van der Waals surface area contributed by atoms with Crippen LogP contribution in [0.1, 0.15) is 61.6 Å². The summed E-state index contributed by atoms with van der Waals surface area (Å²) in [7, 11) is 0. The average molecular weight is 338 g/mol. The first-order valence-corrected chi connectivity index (χ1v) is 9.07. The number of benzene rings is 2. The predicted octanol–water partition coefficient (Wildman–Crippen LogP) is 5.36. The lowest BCUT2D eigenvalue weighted by Gasteiger charge is -2.22. The Hall–Kier alpha value is -2.29. The van der Waals surface area contributed by atoms with Gasteiger partial charge in [-0.15, -0.1) is 0 Å². The van der Waals surface area contributed by atoms with Gasteiger partial charge in [0.05, 0.1) is 6.42 Å². The Morgan fingerprint density at radius 3 is 2.40 bits per heavy atom. The third kappa shape index (κ3) is 4.41. The van der Waals surface area contributed by atoms with Gasteiger partial charge < -0.3 is 9.84 Å². The van der Waals surface area contributed by atoms with Crippen LogP contribution >= 0.6 is 0 Å². The summed E-state index contributed by atoms with van der Waals surface area (Å²) in [5, 5.41) is 9.18. The fourth-order valence-electron chi connectivity index (χ4n) is 3.44. The number of ether oxygens (including phenoxy) is 1. The molecule has 1 saturated carbocycles. The van der Waals surface area contributed by atoms with Gasteiger partial charge in [0, 0.05) is 0 Å². The summed E-state index contributed by atoms with van der Waals surface area (Å²) < 4.78 is 6.26. The minimum Gasteiger partial charge on any atom is -0.488 e. The van der Waals surface area contributed by atoms with Crippen molar-refractivity contribution >= 4 is 5.97 Å². The van der Waals surface area contributed by atoms with E-state index in [-0.39, 0.29) is 12.3 Å². The van der Waals surface area contributed by atoms with Crippen LogP contribution in [-0.2, 0) is 11.4 Å². The normalized spacial score (nSPS) is 16.2. The predicted molar refractivity (Wildman–Crippen MR) is 99.0 cm³/mol. The number of carboxylic acid groups (broad SMARTS) is 1. The fraction of sp³-hybridized carbons (Fsp3) is 0.409. The van der Waals surface area contributed by atoms with E-state index in [9.17, 15) is 9.90 Å². The minimum atomic E-state index is -0.776. The van der Waals surface area contributed by atoms with Gasteiger partial charge in [-0.1, -0.05) is 62.4 Å². The summed E-state index contributed by atoms with van der Waals surface area (Å²) in [6.45, 7) is 4.72. The average Bonchev–Trinajstić information content (AvgIpc) is 3.44. The van der Waals surface area contributed by atoms with E-state index in [1.807, 2.05) is 49.4 Å². The molecular formula is C22H26O3. The Morgan fingerprint density at radius 1 is 1.08 bits per heavy atom. The van der Waals surface area contributed by atoms with Crippen LogP contribution in [0, 0.1) is 5.92 Å². The molecule has 1 aliphatic carbocycles. The van der Waals surface area contributed by atoms with Crippen molar-refractivity contribution in [1.82, 2.24) is 0 Å². The molecule has 132 valence electrons. The molecule has 0 amide bonds. The van der Waals surface area contributed by atoms with Crippen molar-refractivity contribution in [3.63, 3.8) is 0 Å². The van der Waals surface area contributed by atoms with Gasteiger partial charge in [-0.2, -0.15) is 0 Å². The van der Waals surface area contributed by atoms with Crippen LogP contribution in [0.15, 0.2) is 48.5 Å². The van der Waals surface area contributed by atoms with Gasteiger partial charge in [0.1, 0.15) is 12.4 Å². The molecule has 1 fully saturated rings. The number of hydrogen-bond donors (Lipinski definition) is 1. The van der Waals surface area contributed by atoms with Crippen LogP contribution < -0.4 is 4.74 Å². The van der Waals surface area contributed by atoms with E-state index in [1.165, 1.54) is 18.4 Å². The zero-order valence-corrected chi connectivity index (χ0v) is 14.9. The Kier molecular flexibility index (Phi) is 5.42. The number of aliphatic carboxylic acids is 1. The number of rotatable bonds is 8. The second kappa shape index (κ2) is 7.73. The molecule has 0 aromatic heterocycles. The highest BCUT2D eigenvalue weighted by Gasteiger charge is 2.31. The first-order valence-electron chi connectivity index (χ1n) is 9.07. The standard InChI is InChI=1S/C22H26O3/c1-15(13-21(23)24)19-9-6-10-20(16(2)18-11-12-18)22(19)25-14-17-7-4-3-5-8-17/h3-10,15-16,18H,11-14H2,1-2H3,(H,23,24). The third-order valence-electron chi connectivity index (χ3n) is 5.13. The molecule has 3 heteroatoms. The summed E-state index contributed by atoms with van der Waals surface area (Å²) in [5.74, 6) is 1.21. The summed E-state index contributed by atoms with van der Waals surface area (Å²) in [4.78, 5) is 11.2. The minimum absolute atomic E-state index is 0.0744. The van der Waals surface area contributed by atoms with Gasteiger partial charge in [0.25, 0.3) is 0 Å². The van der Waals surface area contributed by atoms with Crippen molar-refractivity contribution in [2.24, 2.45) is 5.92 Å². The van der Waals surface area contributed by atoms with Gasteiger partial charge in [-0.05, 0) is 47.3 Å². The van der Waals surface area contributed by atoms with E-state index in [0.717, 1.165) is 22.8 Å². The fourth-order valence-corrected chi connectivity index (χ4v) is 3.44. The topological polar surface area (TPSA) is 46.5 Å². The van der Waals surface area contributed by atoms with Crippen molar-refractivity contribution in [2.75, 3.05) is 0 Å². The monoisotopic (exact) mass is 338 g/mol. The van der Waals surface area contributed by atoms with Crippen molar-refractivity contribution in [1.29, 1.82) is 0 Å². The molecule has 1 aliphatic rings. The van der Waals surface area contributed by atoms with E-state index in [0.29, 0.717) is 12.5 Å². The van der Waals surface area contributed by atoms with Crippen molar-refractivity contribution in [2.45, 2.75) is 51.6 Å². The summed E-state index contributed by atoms with van der Waals surface area (Å²) >= 11 is 0. The highest BCUT2D eigenvalue weighted by atomic mass is 16.5. The maximum absolute atomic E-state index is 11.2. The van der Waals surface area contributed by atoms with Crippen LogP contribution in [0.3, 0.4) is 0 Å². The summed E-state index contributed by atoms with van der Waals surface area (Å²) in [6, 6.07) is 16.3. The Bertz CT molecular complexity index is 719. The zero-order chi connectivity index (χ0) is 17.8. The maximum Gasteiger partial charge on any atom is 0.303 e. The number of hydrogen-bond acceptors (Lipinski definition) is 2. The molecule has 0 aliphatic heterocycles. The molecule has 2 aromatic rings. The number of carbonyl (C=O) groups is 1. The van der Waals surface area contributed by atoms with Crippen molar-refractivity contribution < 1.29 is 14.6 Å². The SMILES string of the molecule is CC(CC(=O)O)c1cccc(C(C)C2CC2)c1OCc1ccccc1. The van der Waals surface area contributed by atoms with Gasteiger partial charge >= 0.3 is 5.97 Å². The van der Waals surface area contributed by atoms with Crippen molar-refractivity contribution in [3.8, 4) is 5.75 Å². The zero-order valence-electron chi connectivity index (χ0n) is 14.9. The van der Waals surface area contributed by atoms with Crippen molar-refractivity contribution in [3.05, 3.63) is 65.2 Å². The Labute approximate surface area is 149 Å². The van der Waals surface area contributed by atoms with E-state index in [1.54, 1.807) is 0 Å². The van der Waals surface area contributed by atoms with Gasteiger partial charge in [0.15, 0.2) is 0 Å². The molecule has 3 nitrogen and oxygen atoms in total. The molecule has 0 bridgehead atoms. The second-order valence-corrected chi connectivity index (χ2v) is 7.16. The maximum atomic E-state index is 11.2. The molecule has 2 aromatic carbocycles. The van der Waals surface area contributed by atoms with Crippen LogP contribution in [0.2, 0.25) is 0 Å².